The van der Waals surface area contributed by atoms with E-state index < -0.39 is 0 Å². The molecular weight excluding hydrogens is 240 g/mol. The second-order valence-corrected chi connectivity index (χ2v) is 5.64. The minimum Gasteiger partial charge on any atom is -0.383 e. The molecule has 0 heterocycles. The highest BCUT2D eigenvalue weighted by atomic mass is 16.5. The predicted octanol–water partition coefficient (Wildman–Crippen LogP) is 1.89. The summed E-state index contributed by atoms with van der Waals surface area (Å²) >= 11 is 0. The molecule has 0 aromatic heterocycles. The molecule has 4 heteroatoms. The van der Waals surface area contributed by atoms with Crippen molar-refractivity contribution in [3.63, 3.8) is 0 Å². The zero-order chi connectivity index (χ0) is 14.1. The summed E-state index contributed by atoms with van der Waals surface area (Å²) in [6, 6.07) is 1.64. The molecule has 0 spiro atoms. The van der Waals surface area contributed by atoms with E-state index in [1.807, 2.05) is 0 Å². The third kappa shape index (κ3) is 5.38. The van der Waals surface area contributed by atoms with Gasteiger partial charge < -0.3 is 14.8 Å². The molecule has 0 bridgehead atoms. The van der Waals surface area contributed by atoms with Gasteiger partial charge in [0.15, 0.2) is 0 Å². The van der Waals surface area contributed by atoms with Crippen molar-refractivity contribution >= 4 is 0 Å². The van der Waals surface area contributed by atoms with E-state index in [9.17, 15) is 0 Å². The van der Waals surface area contributed by atoms with Crippen molar-refractivity contribution < 1.29 is 9.47 Å². The summed E-state index contributed by atoms with van der Waals surface area (Å²) in [7, 11) is 5.66. The number of methoxy groups -OCH3 is 2. The summed E-state index contributed by atoms with van der Waals surface area (Å²) in [6.07, 6.45) is 6.61. The second-order valence-electron chi connectivity index (χ2n) is 5.64. The summed E-state index contributed by atoms with van der Waals surface area (Å²) in [5, 5.41) is 3.52. The lowest BCUT2D eigenvalue weighted by molar-refractivity contribution is 0.0330. The Bertz CT molecular complexity index is 226. The Morgan fingerprint density at radius 2 is 1.89 bits per heavy atom. The predicted molar refractivity (Wildman–Crippen MR) is 79.6 cm³/mol. The van der Waals surface area contributed by atoms with Crippen LogP contribution in [0, 0.1) is 0 Å². The van der Waals surface area contributed by atoms with Crippen molar-refractivity contribution in [1.82, 2.24) is 10.2 Å². The fourth-order valence-electron chi connectivity index (χ4n) is 3.27. The lowest BCUT2D eigenvalue weighted by Gasteiger charge is -2.39. The Balaban J connectivity index is 2.72. The molecule has 0 radical (unpaired) electrons. The van der Waals surface area contributed by atoms with Gasteiger partial charge in [0.2, 0.25) is 0 Å². The topological polar surface area (TPSA) is 33.7 Å². The van der Waals surface area contributed by atoms with Crippen LogP contribution in [-0.2, 0) is 9.47 Å². The third-order valence-corrected chi connectivity index (χ3v) is 4.30. The highest BCUT2D eigenvalue weighted by Crippen LogP contribution is 2.24. The van der Waals surface area contributed by atoms with Gasteiger partial charge in [-0.3, -0.25) is 4.90 Å². The van der Waals surface area contributed by atoms with Crippen LogP contribution in [0.2, 0.25) is 0 Å². The van der Waals surface area contributed by atoms with E-state index in [4.69, 9.17) is 9.47 Å². The highest BCUT2D eigenvalue weighted by Gasteiger charge is 2.30. The molecule has 19 heavy (non-hydrogen) atoms. The van der Waals surface area contributed by atoms with Crippen LogP contribution >= 0.6 is 0 Å². The molecule has 0 aromatic rings. The van der Waals surface area contributed by atoms with Crippen LogP contribution < -0.4 is 5.32 Å². The van der Waals surface area contributed by atoms with E-state index in [-0.39, 0.29) is 0 Å². The molecule has 1 saturated carbocycles. The molecule has 0 saturated heterocycles. The first-order valence-electron chi connectivity index (χ1n) is 7.65. The molecule has 1 aliphatic carbocycles. The maximum Gasteiger partial charge on any atom is 0.0615 e. The Morgan fingerprint density at radius 1 is 1.16 bits per heavy atom. The fraction of sp³-hybridized carbons (Fsp3) is 1.00. The van der Waals surface area contributed by atoms with Crippen molar-refractivity contribution in [1.29, 1.82) is 0 Å². The molecule has 1 N–H and O–H groups in total. The first kappa shape index (κ1) is 16.9. The molecule has 0 amide bonds. The van der Waals surface area contributed by atoms with Crippen LogP contribution in [0.15, 0.2) is 0 Å². The Morgan fingerprint density at radius 3 is 2.53 bits per heavy atom. The normalized spacial score (nSPS) is 26.4. The van der Waals surface area contributed by atoms with E-state index in [1.165, 1.54) is 32.1 Å². The summed E-state index contributed by atoms with van der Waals surface area (Å²) in [4.78, 5) is 2.58. The van der Waals surface area contributed by atoms with Crippen molar-refractivity contribution in [2.45, 2.75) is 57.2 Å². The lowest BCUT2D eigenvalue weighted by atomic mass is 9.99. The van der Waals surface area contributed by atoms with Gasteiger partial charge in [-0.1, -0.05) is 19.3 Å². The lowest BCUT2D eigenvalue weighted by Crippen LogP contribution is -2.53. The van der Waals surface area contributed by atoms with Gasteiger partial charge in [-0.25, -0.2) is 0 Å². The van der Waals surface area contributed by atoms with Crippen LogP contribution in [0.1, 0.15) is 39.0 Å². The molecule has 114 valence electrons. The SMILES string of the molecule is CNC1CCCCCC1N(CCOC)C(C)COC. The van der Waals surface area contributed by atoms with E-state index >= 15 is 0 Å². The standard InChI is InChI=1S/C15H32N2O2/c1-13(12-19-4)17(10-11-18-3)15-9-7-5-6-8-14(15)16-2/h13-16H,5-12H2,1-4H3. The smallest absolute Gasteiger partial charge is 0.0615 e. The third-order valence-electron chi connectivity index (χ3n) is 4.30. The molecular formula is C15H32N2O2. The average Bonchev–Trinajstić information content (AvgIpc) is 2.65. The van der Waals surface area contributed by atoms with E-state index in [0.717, 1.165) is 19.8 Å². The van der Waals surface area contributed by atoms with Gasteiger partial charge in [-0.15, -0.1) is 0 Å². The van der Waals surface area contributed by atoms with Crippen LogP contribution in [0.3, 0.4) is 0 Å². The highest BCUT2D eigenvalue weighted by molar-refractivity contribution is 4.88. The maximum atomic E-state index is 5.35. The van der Waals surface area contributed by atoms with Gasteiger partial charge in [-0.05, 0) is 26.8 Å². The minimum absolute atomic E-state index is 0.444. The molecule has 1 fully saturated rings. The van der Waals surface area contributed by atoms with Gasteiger partial charge in [0.1, 0.15) is 0 Å². The molecule has 4 nitrogen and oxygen atoms in total. The van der Waals surface area contributed by atoms with E-state index in [2.05, 4.69) is 24.2 Å². The number of hydrogen-bond donors (Lipinski definition) is 1. The van der Waals surface area contributed by atoms with Crippen LogP contribution in [0.5, 0.6) is 0 Å². The first-order valence-corrected chi connectivity index (χ1v) is 7.65. The number of hydrogen-bond acceptors (Lipinski definition) is 4. The van der Waals surface area contributed by atoms with Crippen LogP contribution in [0.4, 0.5) is 0 Å². The van der Waals surface area contributed by atoms with Gasteiger partial charge in [0.05, 0.1) is 13.2 Å². The average molecular weight is 272 g/mol. The van der Waals surface area contributed by atoms with Gasteiger partial charge in [-0.2, -0.15) is 0 Å². The Labute approximate surface area is 118 Å². The van der Waals surface area contributed by atoms with E-state index in [0.29, 0.717) is 18.1 Å². The molecule has 3 unspecified atom stereocenters. The number of rotatable bonds is 8. The molecule has 1 aliphatic rings. The largest absolute Gasteiger partial charge is 0.383 e. The van der Waals surface area contributed by atoms with Crippen molar-refractivity contribution in [2.24, 2.45) is 0 Å². The van der Waals surface area contributed by atoms with Crippen LogP contribution in [-0.4, -0.2) is 64.1 Å². The number of nitrogens with one attached hydrogen (secondary N) is 1. The summed E-state index contributed by atoms with van der Waals surface area (Å²) < 4.78 is 10.6. The van der Waals surface area contributed by atoms with Crippen molar-refractivity contribution in [3.8, 4) is 0 Å². The zero-order valence-corrected chi connectivity index (χ0v) is 13.2. The number of ether oxygens (including phenoxy) is 2. The molecule has 3 atom stereocenters. The van der Waals surface area contributed by atoms with Gasteiger partial charge in [0, 0.05) is 38.9 Å². The second kappa shape index (κ2) is 9.70. The van der Waals surface area contributed by atoms with Crippen LogP contribution in [0.25, 0.3) is 0 Å². The van der Waals surface area contributed by atoms with E-state index in [1.54, 1.807) is 14.2 Å². The zero-order valence-electron chi connectivity index (χ0n) is 13.2. The Kier molecular flexibility index (Phi) is 8.62. The number of nitrogens with zero attached hydrogens (tertiary/aromatic N) is 1. The quantitative estimate of drug-likeness (QED) is 0.684. The number of likely N-dealkylation sites (N-methyl/N-ethyl adjacent to an activating group) is 1. The van der Waals surface area contributed by atoms with Gasteiger partial charge >= 0.3 is 0 Å². The summed E-state index contributed by atoms with van der Waals surface area (Å²) in [5.74, 6) is 0. The summed E-state index contributed by atoms with van der Waals surface area (Å²) in [6.45, 7) is 4.83. The monoisotopic (exact) mass is 272 g/mol. The molecule has 1 rings (SSSR count). The molecule has 0 aliphatic heterocycles. The Hall–Kier alpha value is -0.160. The van der Waals surface area contributed by atoms with Gasteiger partial charge in [0.25, 0.3) is 0 Å². The summed E-state index contributed by atoms with van der Waals surface area (Å²) in [5.41, 5.74) is 0. The maximum absolute atomic E-state index is 5.35. The first-order chi connectivity index (χ1) is 9.24. The minimum atomic E-state index is 0.444. The van der Waals surface area contributed by atoms with Crippen molar-refractivity contribution in [3.05, 3.63) is 0 Å². The van der Waals surface area contributed by atoms with Crippen molar-refractivity contribution in [2.75, 3.05) is 41.0 Å². The fourth-order valence-corrected chi connectivity index (χ4v) is 3.27. The molecule has 0 aromatic carbocycles.